The van der Waals surface area contributed by atoms with Crippen molar-refractivity contribution in [2.24, 2.45) is 0 Å². The summed E-state index contributed by atoms with van der Waals surface area (Å²) < 4.78 is 0. The molecule has 0 aliphatic carbocycles. The second kappa shape index (κ2) is 7.24. The number of carbonyl (C=O) groups excluding carboxylic acids is 2. The zero-order valence-corrected chi connectivity index (χ0v) is 11.9. The Bertz CT molecular complexity index is 624. The van der Waals surface area contributed by atoms with Crippen LogP contribution in [0.1, 0.15) is 16.7 Å². The van der Waals surface area contributed by atoms with Crippen LogP contribution in [0.5, 0.6) is 0 Å². The fraction of sp³-hybridized carbons (Fsp3) is 0.176. The van der Waals surface area contributed by atoms with Gasteiger partial charge in [0.25, 0.3) is 0 Å². The molecule has 21 heavy (non-hydrogen) atoms. The molecule has 108 valence electrons. The third-order valence-corrected chi connectivity index (χ3v) is 3.16. The highest BCUT2D eigenvalue weighted by Gasteiger charge is 2.07. The van der Waals surface area contributed by atoms with Crippen molar-refractivity contribution in [2.75, 3.05) is 0 Å². The number of hydrogen-bond acceptors (Lipinski definition) is 2. The molecule has 0 atom stereocenters. The van der Waals surface area contributed by atoms with E-state index in [2.05, 4.69) is 10.9 Å². The van der Waals surface area contributed by atoms with Gasteiger partial charge in [0, 0.05) is 0 Å². The summed E-state index contributed by atoms with van der Waals surface area (Å²) in [6.45, 7) is 1.95. The molecule has 0 saturated heterocycles. The second-order valence-electron chi connectivity index (χ2n) is 4.86. The van der Waals surface area contributed by atoms with Gasteiger partial charge in [-0.15, -0.1) is 0 Å². The first-order valence-electron chi connectivity index (χ1n) is 6.81. The van der Waals surface area contributed by atoms with Gasteiger partial charge >= 0.3 is 0 Å². The lowest BCUT2D eigenvalue weighted by molar-refractivity contribution is -0.128. The SMILES string of the molecule is Cc1ccccc1CC(=O)NNC(=O)Cc1ccccc1. The van der Waals surface area contributed by atoms with E-state index in [0.29, 0.717) is 0 Å². The molecule has 0 aliphatic heterocycles. The van der Waals surface area contributed by atoms with Gasteiger partial charge in [0.2, 0.25) is 11.8 Å². The Labute approximate surface area is 124 Å². The molecule has 4 nitrogen and oxygen atoms in total. The highest BCUT2D eigenvalue weighted by atomic mass is 16.2. The zero-order valence-electron chi connectivity index (χ0n) is 11.9. The Morgan fingerprint density at radius 2 is 1.38 bits per heavy atom. The topological polar surface area (TPSA) is 58.2 Å². The maximum Gasteiger partial charge on any atom is 0.242 e. The van der Waals surface area contributed by atoms with Crippen molar-refractivity contribution in [3.8, 4) is 0 Å². The number of carbonyl (C=O) groups is 2. The third-order valence-electron chi connectivity index (χ3n) is 3.16. The van der Waals surface area contributed by atoms with Crippen LogP contribution in [0.15, 0.2) is 54.6 Å². The molecule has 0 bridgehead atoms. The van der Waals surface area contributed by atoms with Crippen molar-refractivity contribution in [2.45, 2.75) is 19.8 Å². The summed E-state index contributed by atoms with van der Waals surface area (Å²) >= 11 is 0. The van der Waals surface area contributed by atoms with Crippen LogP contribution in [0, 0.1) is 6.92 Å². The molecule has 0 unspecified atom stereocenters. The van der Waals surface area contributed by atoms with Gasteiger partial charge in [-0.2, -0.15) is 0 Å². The van der Waals surface area contributed by atoms with Crippen LogP contribution in [-0.2, 0) is 22.4 Å². The first kappa shape index (κ1) is 14.8. The van der Waals surface area contributed by atoms with E-state index in [9.17, 15) is 9.59 Å². The lowest BCUT2D eigenvalue weighted by Crippen LogP contribution is -2.43. The van der Waals surface area contributed by atoms with Crippen molar-refractivity contribution in [3.63, 3.8) is 0 Å². The molecule has 0 spiro atoms. The Hall–Kier alpha value is -2.62. The highest BCUT2D eigenvalue weighted by molar-refractivity contribution is 5.84. The summed E-state index contributed by atoms with van der Waals surface area (Å²) in [5.74, 6) is -0.468. The second-order valence-corrected chi connectivity index (χ2v) is 4.86. The van der Waals surface area contributed by atoms with E-state index in [4.69, 9.17) is 0 Å². The van der Waals surface area contributed by atoms with E-state index < -0.39 is 0 Å². The summed E-state index contributed by atoms with van der Waals surface area (Å²) in [4.78, 5) is 23.5. The number of hydrogen-bond donors (Lipinski definition) is 2. The lowest BCUT2D eigenvalue weighted by atomic mass is 10.1. The molecule has 2 aromatic rings. The normalized spacial score (nSPS) is 9.95. The quantitative estimate of drug-likeness (QED) is 0.842. The van der Waals surface area contributed by atoms with Crippen LogP contribution in [0.3, 0.4) is 0 Å². The van der Waals surface area contributed by atoms with E-state index in [1.165, 1.54) is 0 Å². The molecule has 2 rings (SSSR count). The van der Waals surface area contributed by atoms with Crippen LogP contribution in [-0.4, -0.2) is 11.8 Å². The fourth-order valence-electron chi connectivity index (χ4n) is 1.99. The van der Waals surface area contributed by atoms with Gasteiger partial charge in [0.15, 0.2) is 0 Å². The van der Waals surface area contributed by atoms with Crippen molar-refractivity contribution >= 4 is 11.8 Å². The summed E-state index contributed by atoms with van der Waals surface area (Å²) in [6, 6.07) is 17.1. The van der Waals surface area contributed by atoms with E-state index in [1.54, 1.807) is 0 Å². The molecule has 0 aliphatic rings. The maximum atomic E-state index is 11.8. The zero-order chi connectivity index (χ0) is 15.1. The number of rotatable bonds is 4. The van der Waals surface area contributed by atoms with E-state index in [0.717, 1.165) is 16.7 Å². The minimum Gasteiger partial charge on any atom is -0.273 e. The predicted octanol–water partition coefficient (Wildman–Crippen LogP) is 1.93. The summed E-state index contributed by atoms with van der Waals surface area (Å²) in [5.41, 5.74) is 7.79. The molecule has 0 heterocycles. The third kappa shape index (κ3) is 4.76. The first-order chi connectivity index (χ1) is 10.1. The van der Waals surface area contributed by atoms with Crippen molar-refractivity contribution in [3.05, 3.63) is 71.3 Å². The summed E-state index contributed by atoms with van der Waals surface area (Å²) in [6.07, 6.45) is 0.490. The van der Waals surface area contributed by atoms with Gasteiger partial charge in [-0.05, 0) is 23.6 Å². The first-order valence-corrected chi connectivity index (χ1v) is 6.81. The molecular formula is C17H18N2O2. The summed E-state index contributed by atoms with van der Waals surface area (Å²) in [7, 11) is 0. The highest BCUT2D eigenvalue weighted by Crippen LogP contribution is 2.07. The van der Waals surface area contributed by atoms with Gasteiger partial charge < -0.3 is 0 Å². The molecule has 2 amide bonds. The monoisotopic (exact) mass is 282 g/mol. The van der Waals surface area contributed by atoms with Crippen molar-refractivity contribution in [1.29, 1.82) is 0 Å². The molecule has 0 fully saturated rings. The Morgan fingerprint density at radius 1 is 0.810 bits per heavy atom. The Morgan fingerprint density at radius 3 is 2.05 bits per heavy atom. The number of hydrazine groups is 1. The van der Waals surface area contributed by atoms with Crippen molar-refractivity contribution < 1.29 is 9.59 Å². The summed E-state index contributed by atoms with van der Waals surface area (Å²) in [5, 5.41) is 0. The van der Waals surface area contributed by atoms with Gasteiger partial charge in [-0.3, -0.25) is 20.4 Å². The van der Waals surface area contributed by atoms with Crippen LogP contribution in [0.4, 0.5) is 0 Å². The molecule has 0 aromatic heterocycles. The number of aryl methyl sites for hydroxylation is 1. The van der Waals surface area contributed by atoms with Crippen LogP contribution in [0.2, 0.25) is 0 Å². The number of benzene rings is 2. The smallest absolute Gasteiger partial charge is 0.242 e. The van der Waals surface area contributed by atoms with Gasteiger partial charge in [-0.1, -0.05) is 54.6 Å². The van der Waals surface area contributed by atoms with Gasteiger partial charge in [-0.25, -0.2) is 0 Å². The van der Waals surface area contributed by atoms with Crippen molar-refractivity contribution in [1.82, 2.24) is 10.9 Å². The number of amides is 2. The number of nitrogens with one attached hydrogen (secondary N) is 2. The van der Waals surface area contributed by atoms with Crippen LogP contribution in [0.25, 0.3) is 0 Å². The molecule has 2 N–H and O–H groups in total. The maximum absolute atomic E-state index is 11.8. The standard InChI is InChI=1S/C17H18N2O2/c1-13-7-5-6-10-15(13)12-17(21)19-18-16(20)11-14-8-3-2-4-9-14/h2-10H,11-12H2,1H3,(H,18,20)(H,19,21). The van der Waals surface area contributed by atoms with Crippen LogP contribution < -0.4 is 10.9 Å². The Balaban J connectivity index is 1.79. The van der Waals surface area contributed by atoms with E-state index in [1.807, 2.05) is 61.5 Å². The molecule has 2 aromatic carbocycles. The Kier molecular flexibility index (Phi) is 5.10. The van der Waals surface area contributed by atoms with Gasteiger partial charge in [0.1, 0.15) is 0 Å². The average Bonchev–Trinajstić information content (AvgIpc) is 2.49. The minimum atomic E-state index is -0.237. The molecular weight excluding hydrogens is 264 g/mol. The average molecular weight is 282 g/mol. The predicted molar refractivity (Wildman–Crippen MR) is 81.3 cm³/mol. The van der Waals surface area contributed by atoms with Crippen LogP contribution >= 0.6 is 0 Å². The minimum absolute atomic E-state index is 0.231. The van der Waals surface area contributed by atoms with Gasteiger partial charge in [0.05, 0.1) is 12.8 Å². The fourth-order valence-corrected chi connectivity index (χ4v) is 1.99. The largest absolute Gasteiger partial charge is 0.273 e. The van der Waals surface area contributed by atoms with E-state index >= 15 is 0 Å². The molecule has 0 saturated carbocycles. The molecule has 4 heteroatoms. The molecule has 0 radical (unpaired) electrons. The lowest BCUT2D eigenvalue weighted by Gasteiger charge is -2.08. The van der Waals surface area contributed by atoms with E-state index in [-0.39, 0.29) is 24.7 Å².